The lowest BCUT2D eigenvalue weighted by Crippen LogP contribution is -2.27. The SMILES string of the molecule is [c]1ccc2c(c1)SCC(C1CCc3ccccc3S1)S2. The van der Waals surface area contributed by atoms with E-state index >= 15 is 0 Å². The smallest absolute Gasteiger partial charge is 0.0311 e. The number of thioether (sulfide) groups is 3. The lowest BCUT2D eigenvalue weighted by Gasteiger charge is -2.33. The molecule has 0 amide bonds. The van der Waals surface area contributed by atoms with Crippen molar-refractivity contribution in [2.45, 2.75) is 38.0 Å². The lowest BCUT2D eigenvalue weighted by atomic mass is 10.1. The van der Waals surface area contributed by atoms with Crippen LogP contribution < -0.4 is 0 Å². The van der Waals surface area contributed by atoms with Crippen LogP contribution in [0.3, 0.4) is 0 Å². The van der Waals surface area contributed by atoms with E-state index in [-0.39, 0.29) is 0 Å². The summed E-state index contributed by atoms with van der Waals surface area (Å²) in [5.41, 5.74) is 1.54. The maximum atomic E-state index is 3.19. The van der Waals surface area contributed by atoms with Gasteiger partial charge in [0.25, 0.3) is 0 Å². The van der Waals surface area contributed by atoms with Crippen molar-refractivity contribution in [2.75, 3.05) is 5.75 Å². The van der Waals surface area contributed by atoms with E-state index in [0.29, 0.717) is 0 Å². The Hall–Kier alpha value is -0.510. The van der Waals surface area contributed by atoms with Crippen LogP contribution in [-0.2, 0) is 6.42 Å². The Labute approximate surface area is 133 Å². The fourth-order valence-electron chi connectivity index (χ4n) is 2.77. The van der Waals surface area contributed by atoms with Crippen LogP contribution in [0.4, 0.5) is 0 Å². The van der Waals surface area contributed by atoms with Crippen LogP contribution in [0.5, 0.6) is 0 Å². The zero-order chi connectivity index (χ0) is 13.4. The number of rotatable bonds is 1. The molecule has 2 unspecified atom stereocenters. The Bertz CT molecular complexity index is 568. The minimum absolute atomic E-state index is 0.730. The van der Waals surface area contributed by atoms with Crippen LogP contribution in [0.1, 0.15) is 12.0 Å². The van der Waals surface area contributed by atoms with Crippen molar-refractivity contribution in [3.05, 3.63) is 54.1 Å². The monoisotopic (exact) mass is 315 g/mol. The van der Waals surface area contributed by atoms with Gasteiger partial charge in [-0.25, -0.2) is 0 Å². The Balaban J connectivity index is 1.53. The van der Waals surface area contributed by atoms with E-state index < -0.39 is 0 Å². The normalized spacial score (nSPS) is 24.8. The quantitative estimate of drug-likeness (QED) is 0.713. The molecular weight excluding hydrogens is 300 g/mol. The molecule has 0 fully saturated rings. The van der Waals surface area contributed by atoms with Crippen molar-refractivity contribution in [2.24, 2.45) is 0 Å². The van der Waals surface area contributed by atoms with Crippen molar-refractivity contribution < 1.29 is 0 Å². The van der Waals surface area contributed by atoms with Crippen LogP contribution in [-0.4, -0.2) is 16.3 Å². The maximum Gasteiger partial charge on any atom is 0.0311 e. The predicted molar refractivity (Wildman–Crippen MR) is 90.1 cm³/mol. The molecule has 2 aromatic rings. The van der Waals surface area contributed by atoms with Crippen molar-refractivity contribution in [1.29, 1.82) is 0 Å². The standard InChI is InChI=1S/C17H15S3/c1-2-6-13-12(5-1)9-10-16(19-13)17-11-18-14-7-3-4-8-15(14)20-17/h1-2,4-8,16-17H,9-11H2. The fraction of sp³-hybridized carbons (Fsp3) is 0.294. The Kier molecular flexibility index (Phi) is 3.76. The Morgan fingerprint density at radius 2 is 1.85 bits per heavy atom. The summed E-state index contributed by atoms with van der Waals surface area (Å²) in [4.78, 5) is 4.36. The molecule has 1 radical (unpaired) electrons. The summed E-state index contributed by atoms with van der Waals surface area (Å²) in [6.45, 7) is 0. The van der Waals surface area contributed by atoms with Gasteiger partial charge in [-0.2, -0.15) is 0 Å². The Morgan fingerprint density at radius 1 is 0.950 bits per heavy atom. The van der Waals surface area contributed by atoms with Crippen LogP contribution in [0.15, 0.2) is 57.2 Å². The van der Waals surface area contributed by atoms with Crippen LogP contribution >= 0.6 is 35.3 Å². The van der Waals surface area contributed by atoms with E-state index in [4.69, 9.17) is 0 Å². The van der Waals surface area contributed by atoms with Crippen molar-refractivity contribution in [3.63, 3.8) is 0 Å². The molecule has 0 saturated carbocycles. The molecule has 2 heterocycles. The number of hydrogen-bond donors (Lipinski definition) is 0. The number of aryl methyl sites for hydroxylation is 1. The summed E-state index contributed by atoms with van der Waals surface area (Å²) in [5.74, 6) is 1.23. The van der Waals surface area contributed by atoms with E-state index in [1.807, 2.05) is 17.8 Å². The van der Waals surface area contributed by atoms with Gasteiger partial charge in [-0.05, 0) is 42.7 Å². The second-order valence-corrected chi connectivity index (χ2v) is 8.77. The molecule has 2 atom stereocenters. The molecule has 0 N–H and O–H groups in total. The summed E-state index contributed by atoms with van der Waals surface area (Å²) < 4.78 is 0. The predicted octanol–water partition coefficient (Wildman–Crippen LogP) is 5.16. The zero-order valence-electron chi connectivity index (χ0n) is 11.0. The first-order chi connectivity index (χ1) is 9.90. The van der Waals surface area contributed by atoms with Crippen LogP contribution in [0.2, 0.25) is 0 Å². The molecule has 0 bridgehead atoms. The summed E-state index contributed by atoms with van der Waals surface area (Å²) in [6, 6.07) is 18.5. The van der Waals surface area contributed by atoms with Crippen molar-refractivity contribution >= 4 is 35.3 Å². The zero-order valence-corrected chi connectivity index (χ0v) is 13.5. The first-order valence-electron chi connectivity index (χ1n) is 6.94. The number of benzene rings is 2. The van der Waals surface area contributed by atoms with Crippen LogP contribution in [0, 0.1) is 6.07 Å². The summed E-state index contributed by atoms with van der Waals surface area (Å²) in [5, 5.41) is 1.48. The lowest BCUT2D eigenvalue weighted by molar-refractivity contribution is 0.726. The molecule has 20 heavy (non-hydrogen) atoms. The minimum Gasteiger partial charge on any atom is -0.124 e. The van der Waals surface area contributed by atoms with E-state index in [2.05, 4.69) is 66.0 Å². The van der Waals surface area contributed by atoms with Gasteiger partial charge < -0.3 is 0 Å². The van der Waals surface area contributed by atoms with Gasteiger partial charge in [-0.15, -0.1) is 35.3 Å². The average Bonchev–Trinajstić information content (AvgIpc) is 2.54. The highest BCUT2D eigenvalue weighted by atomic mass is 32.2. The highest BCUT2D eigenvalue weighted by Gasteiger charge is 2.30. The van der Waals surface area contributed by atoms with Crippen molar-refractivity contribution in [1.82, 2.24) is 0 Å². The van der Waals surface area contributed by atoms with E-state index in [1.54, 1.807) is 0 Å². The molecule has 2 aliphatic heterocycles. The molecule has 0 saturated heterocycles. The summed E-state index contributed by atoms with van der Waals surface area (Å²) in [7, 11) is 0. The van der Waals surface area contributed by atoms with Gasteiger partial charge in [0.1, 0.15) is 0 Å². The third-order valence-electron chi connectivity index (χ3n) is 3.83. The van der Waals surface area contributed by atoms with E-state index in [0.717, 1.165) is 10.5 Å². The van der Waals surface area contributed by atoms with Gasteiger partial charge in [-0.3, -0.25) is 0 Å². The van der Waals surface area contributed by atoms with Gasteiger partial charge in [0.15, 0.2) is 0 Å². The number of hydrogen-bond acceptors (Lipinski definition) is 3. The molecule has 2 aromatic carbocycles. The second kappa shape index (κ2) is 5.70. The number of fused-ring (bicyclic) bond motifs is 2. The minimum atomic E-state index is 0.730. The molecule has 3 heteroatoms. The van der Waals surface area contributed by atoms with Gasteiger partial charge in [0, 0.05) is 30.9 Å². The molecule has 4 rings (SSSR count). The molecule has 0 spiro atoms. The van der Waals surface area contributed by atoms with E-state index in [9.17, 15) is 0 Å². The topological polar surface area (TPSA) is 0 Å². The van der Waals surface area contributed by atoms with Gasteiger partial charge in [0.05, 0.1) is 0 Å². The summed E-state index contributed by atoms with van der Waals surface area (Å²) in [6.07, 6.45) is 2.55. The largest absolute Gasteiger partial charge is 0.124 e. The first kappa shape index (κ1) is 13.2. The molecule has 0 aromatic heterocycles. The summed E-state index contributed by atoms with van der Waals surface area (Å²) >= 11 is 6.18. The van der Waals surface area contributed by atoms with E-state index in [1.165, 1.54) is 38.8 Å². The Morgan fingerprint density at radius 3 is 2.85 bits per heavy atom. The molecule has 0 aliphatic carbocycles. The molecular formula is C17H15S3. The fourth-order valence-corrected chi connectivity index (χ4v) is 7.18. The van der Waals surface area contributed by atoms with Crippen molar-refractivity contribution in [3.8, 4) is 0 Å². The highest BCUT2D eigenvalue weighted by molar-refractivity contribution is 8.07. The maximum absolute atomic E-state index is 3.19. The first-order valence-corrected chi connectivity index (χ1v) is 9.69. The molecule has 2 aliphatic rings. The third-order valence-corrected chi connectivity index (χ3v) is 8.45. The van der Waals surface area contributed by atoms with Crippen LogP contribution in [0.25, 0.3) is 0 Å². The second-order valence-electron chi connectivity index (χ2n) is 5.14. The third kappa shape index (κ3) is 2.51. The highest BCUT2D eigenvalue weighted by Crippen LogP contribution is 2.47. The average molecular weight is 316 g/mol. The molecule has 0 nitrogen and oxygen atoms in total. The molecule has 101 valence electrons. The van der Waals surface area contributed by atoms with Gasteiger partial charge in [0.2, 0.25) is 0 Å². The van der Waals surface area contributed by atoms with Gasteiger partial charge >= 0.3 is 0 Å². The van der Waals surface area contributed by atoms with Gasteiger partial charge in [-0.1, -0.05) is 24.3 Å².